The van der Waals surface area contributed by atoms with Gasteiger partial charge in [-0.25, -0.2) is 9.78 Å². The van der Waals surface area contributed by atoms with E-state index in [1.54, 1.807) is 18.7 Å². The molecule has 11 heavy (non-hydrogen) atoms. The number of imidazole rings is 1. The normalized spacial score (nSPS) is 10.5. The van der Waals surface area contributed by atoms with Crippen LogP contribution < -0.4 is 5.73 Å². The Kier molecular flexibility index (Phi) is 1.00. The van der Waals surface area contributed by atoms with Crippen molar-refractivity contribution in [2.24, 2.45) is 5.73 Å². The molecule has 0 aliphatic rings. The van der Waals surface area contributed by atoms with Crippen LogP contribution >= 0.6 is 0 Å². The summed E-state index contributed by atoms with van der Waals surface area (Å²) in [6.45, 7) is 0. The van der Waals surface area contributed by atoms with Crippen LogP contribution in [0.15, 0.2) is 18.7 Å². The number of aromatic amines is 1. The van der Waals surface area contributed by atoms with E-state index >= 15 is 0 Å². The lowest BCUT2D eigenvalue weighted by atomic mass is 10.5. The summed E-state index contributed by atoms with van der Waals surface area (Å²) in [5.74, 6) is 0. The molecule has 5 nitrogen and oxygen atoms in total. The first-order chi connectivity index (χ1) is 5.27. The summed E-state index contributed by atoms with van der Waals surface area (Å²) in [5.41, 5.74) is 6.57. The number of carbonyl (C=O) groups excluding carboxylic acids is 1. The van der Waals surface area contributed by atoms with Gasteiger partial charge in [0.1, 0.15) is 5.52 Å². The van der Waals surface area contributed by atoms with Crippen molar-refractivity contribution in [3.63, 3.8) is 0 Å². The van der Waals surface area contributed by atoms with Crippen molar-refractivity contribution in [1.29, 1.82) is 0 Å². The predicted octanol–water partition coefficient (Wildman–Crippen LogP) is 0.291. The van der Waals surface area contributed by atoms with E-state index in [1.165, 1.54) is 4.57 Å². The third-order valence-electron chi connectivity index (χ3n) is 1.48. The van der Waals surface area contributed by atoms with Crippen LogP contribution in [0.4, 0.5) is 4.79 Å². The van der Waals surface area contributed by atoms with Gasteiger partial charge >= 0.3 is 6.03 Å². The molecule has 0 radical (unpaired) electrons. The topological polar surface area (TPSA) is 76.7 Å². The Hall–Kier alpha value is -1.78. The van der Waals surface area contributed by atoms with E-state index in [0.717, 1.165) is 11.0 Å². The maximum atomic E-state index is 10.6. The minimum Gasteiger partial charge on any atom is -0.351 e. The highest BCUT2D eigenvalue weighted by Gasteiger charge is 2.02. The van der Waals surface area contributed by atoms with Gasteiger partial charge in [0, 0.05) is 12.4 Å². The molecule has 0 saturated carbocycles. The van der Waals surface area contributed by atoms with E-state index in [9.17, 15) is 4.79 Å². The van der Waals surface area contributed by atoms with E-state index in [4.69, 9.17) is 5.73 Å². The number of hydrogen-bond donors (Lipinski definition) is 2. The molecule has 3 N–H and O–H groups in total. The second-order valence-corrected chi connectivity index (χ2v) is 2.21. The second-order valence-electron chi connectivity index (χ2n) is 2.21. The van der Waals surface area contributed by atoms with Gasteiger partial charge in [0.25, 0.3) is 0 Å². The summed E-state index contributed by atoms with van der Waals surface area (Å²) < 4.78 is 1.29. The Labute approximate surface area is 61.8 Å². The summed E-state index contributed by atoms with van der Waals surface area (Å²) in [5, 5.41) is 0. The molecule has 5 heteroatoms. The molecule has 0 atom stereocenters. The fourth-order valence-electron chi connectivity index (χ4n) is 0.956. The molecule has 0 spiro atoms. The van der Waals surface area contributed by atoms with Gasteiger partial charge in [-0.05, 0) is 0 Å². The van der Waals surface area contributed by atoms with Crippen molar-refractivity contribution in [1.82, 2.24) is 14.5 Å². The molecule has 0 fully saturated rings. The standard InChI is InChI=1S/C6H6N4O/c7-6(11)10-1-4-5(2-10)9-3-8-4/h1-3H,(H2,7,11)(H,8,9). The number of fused-ring (bicyclic) bond motifs is 1. The number of carbonyl (C=O) groups is 1. The molecular weight excluding hydrogens is 144 g/mol. The van der Waals surface area contributed by atoms with Crippen LogP contribution in [0, 0.1) is 0 Å². The molecule has 0 saturated heterocycles. The second kappa shape index (κ2) is 1.85. The summed E-state index contributed by atoms with van der Waals surface area (Å²) >= 11 is 0. The van der Waals surface area contributed by atoms with E-state index < -0.39 is 6.03 Å². The van der Waals surface area contributed by atoms with Crippen molar-refractivity contribution in [2.45, 2.75) is 0 Å². The lowest BCUT2D eigenvalue weighted by Gasteiger charge is -1.89. The SMILES string of the molecule is NC(=O)n1cc2nc[nH]c2c1. The molecular formula is C6H6N4O. The summed E-state index contributed by atoms with van der Waals surface area (Å²) in [6, 6.07) is -0.503. The van der Waals surface area contributed by atoms with E-state index in [0.29, 0.717) is 0 Å². The zero-order valence-electron chi connectivity index (χ0n) is 5.61. The van der Waals surface area contributed by atoms with E-state index in [1.807, 2.05) is 0 Å². The fraction of sp³-hybridized carbons (Fsp3) is 0. The Morgan fingerprint density at radius 3 is 3.09 bits per heavy atom. The minimum atomic E-state index is -0.503. The number of aromatic nitrogens is 3. The lowest BCUT2D eigenvalue weighted by Crippen LogP contribution is -2.17. The number of primary amides is 1. The molecule has 0 aliphatic heterocycles. The molecule has 2 rings (SSSR count). The Morgan fingerprint density at radius 2 is 2.45 bits per heavy atom. The zero-order chi connectivity index (χ0) is 7.84. The quantitative estimate of drug-likeness (QED) is 0.566. The van der Waals surface area contributed by atoms with Gasteiger partial charge < -0.3 is 10.7 Å². The van der Waals surface area contributed by atoms with Crippen LogP contribution in [0.2, 0.25) is 0 Å². The molecule has 2 aromatic heterocycles. The van der Waals surface area contributed by atoms with E-state index in [2.05, 4.69) is 9.97 Å². The van der Waals surface area contributed by atoms with Crippen LogP contribution in [0.25, 0.3) is 11.0 Å². The van der Waals surface area contributed by atoms with Crippen molar-refractivity contribution in [2.75, 3.05) is 0 Å². The number of amides is 1. The monoisotopic (exact) mass is 150 g/mol. The van der Waals surface area contributed by atoms with Gasteiger partial charge in [-0.15, -0.1) is 0 Å². The average Bonchev–Trinajstić information content (AvgIpc) is 2.40. The predicted molar refractivity (Wildman–Crippen MR) is 39.1 cm³/mol. The fourth-order valence-corrected chi connectivity index (χ4v) is 0.956. The maximum absolute atomic E-state index is 10.6. The highest BCUT2D eigenvalue weighted by Crippen LogP contribution is 2.08. The molecule has 0 bridgehead atoms. The molecule has 2 aromatic rings. The van der Waals surface area contributed by atoms with Crippen LogP contribution in [-0.2, 0) is 0 Å². The molecule has 0 unspecified atom stereocenters. The first-order valence-electron chi connectivity index (χ1n) is 3.08. The van der Waals surface area contributed by atoms with Crippen LogP contribution in [0.5, 0.6) is 0 Å². The number of nitrogens with one attached hydrogen (secondary N) is 1. The number of hydrogen-bond acceptors (Lipinski definition) is 2. The van der Waals surface area contributed by atoms with Gasteiger partial charge in [-0.1, -0.05) is 0 Å². The minimum absolute atomic E-state index is 0.503. The smallest absolute Gasteiger partial charge is 0.323 e. The molecule has 2 heterocycles. The van der Waals surface area contributed by atoms with Gasteiger partial charge in [0.15, 0.2) is 0 Å². The van der Waals surface area contributed by atoms with Gasteiger partial charge in [-0.3, -0.25) is 4.57 Å². The Bertz CT molecular complexity index is 371. The third-order valence-corrected chi connectivity index (χ3v) is 1.48. The van der Waals surface area contributed by atoms with Crippen LogP contribution in [0.1, 0.15) is 0 Å². The van der Waals surface area contributed by atoms with Crippen molar-refractivity contribution in [3.05, 3.63) is 18.7 Å². The zero-order valence-corrected chi connectivity index (χ0v) is 5.61. The Balaban J connectivity index is 2.67. The average molecular weight is 150 g/mol. The van der Waals surface area contributed by atoms with Gasteiger partial charge in [0.2, 0.25) is 0 Å². The van der Waals surface area contributed by atoms with Crippen LogP contribution in [-0.4, -0.2) is 20.6 Å². The third kappa shape index (κ3) is 0.778. The number of H-pyrrole nitrogens is 1. The highest BCUT2D eigenvalue weighted by molar-refractivity contribution is 5.83. The molecule has 1 amide bonds. The number of nitrogens with zero attached hydrogens (tertiary/aromatic N) is 2. The van der Waals surface area contributed by atoms with Crippen LogP contribution in [0.3, 0.4) is 0 Å². The van der Waals surface area contributed by atoms with Crippen molar-refractivity contribution in [3.8, 4) is 0 Å². The number of rotatable bonds is 0. The Morgan fingerprint density at radius 1 is 1.64 bits per heavy atom. The van der Waals surface area contributed by atoms with Gasteiger partial charge in [-0.2, -0.15) is 0 Å². The number of nitrogens with two attached hydrogens (primary N) is 1. The largest absolute Gasteiger partial charge is 0.351 e. The van der Waals surface area contributed by atoms with Gasteiger partial charge in [0.05, 0.1) is 11.8 Å². The highest BCUT2D eigenvalue weighted by atomic mass is 16.2. The van der Waals surface area contributed by atoms with E-state index in [-0.39, 0.29) is 0 Å². The summed E-state index contributed by atoms with van der Waals surface area (Å²) in [6.07, 6.45) is 4.74. The molecule has 0 aliphatic carbocycles. The van der Waals surface area contributed by atoms with Crippen molar-refractivity contribution >= 4 is 17.1 Å². The maximum Gasteiger partial charge on any atom is 0.323 e. The summed E-state index contributed by atoms with van der Waals surface area (Å²) in [7, 11) is 0. The molecule has 0 aromatic carbocycles. The van der Waals surface area contributed by atoms with Crippen molar-refractivity contribution < 1.29 is 4.79 Å². The first kappa shape index (κ1) is 5.96. The summed E-state index contributed by atoms with van der Waals surface area (Å²) in [4.78, 5) is 17.4. The lowest BCUT2D eigenvalue weighted by molar-refractivity contribution is 0.250. The molecule has 56 valence electrons. The first-order valence-corrected chi connectivity index (χ1v) is 3.08.